The summed E-state index contributed by atoms with van der Waals surface area (Å²) in [6.07, 6.45) is 3.54. The molecule has 0 aliphatic heterocycles. The van der Waals surface area contributed by atoms with Gasteiger partial charge in [0, 0.05) is 12.2 Å². The van der Waals surface area contributed by atoms with Gasteiger partial charge in [-0.3, -0.25) is 4.72 Å². The molecule has 1 atom stereocenters. The number of ether oxygens (including phenoxy) is 1. The van der Waals surface area contributed by atoms with Crippen LogP contribution in [0, 0.1) is 0 Å². The number of benzene rings is 2. The minimum Gasteiger partial charge on any atom is -0.489 e. The first kappa shape index (κ1) is 25.5. The van der Waals surface area contributed by atoms with Crippen molar-refractivity contribution < 1.29 is 18.3 Å². The molecule has 9 heteroatoms. The van der Waals surface area contributed by atoms with Crippen molar-refractivity contribution >= 4 is 21.5 Å². The number of aliphatic hydroxyl groups excluding tert-OH is 1. The lowest BCUT2D eigenvalue weighted by atomic mass is 10.1. The third-order valence-corrected chi connectivity index (χ3v) is 6.55. The van der Waals surface area contributed by atoms with Crippen molar-refractivity contribution in [2.75, 3.05) is 30.2 Å². The lowest BCUT2D eigenvalue weighted by Crippen LogP contribution is -2.32. The zero-order chi connectivity index (χ0) is 24.4. The van der Waals surface area contributed by atoms with Gasteiger partial charge in [-0.05, 0) is 66.9 Å². The Bertz CT molecular complexity index is 1120. The molecule has 0 saturated carbocycles. The predicted octanol–water partition coefficient (Wildman–Crippen LogP) is 2.99. The summed E-state index contributed by atoms with van der Waals surface area (Å²) in [5, 5.41) is 13.2. The lowest BCUT2D eigenvalue weighted by Gasteiger charge is -2.13. The van der Waals surface area contributed by atoms with Crippen molar-refractivity contribution in [2.24, 2.45) is 0 Å². The second-order valence-corrected chi connectivity index (χ2v) is 9.72. The topological polar surface area (TPSA) is 127 Å². The molecule has 0 fully saturated rings. The summed E-state index contributed by atoms with van der Waals surface area (Å²) in [5.74, 6) is 0.967. The van der Waals surface area contributed by atoms with E-state index in [1.54, 1.807) is 36.4 Å². The number of hydrogen-bond donors (Lipinski definition) is 4. The van der Waals surface area contributed by atoms with Crippen molar-refractivity contribution in [3.8, 4) is 5.75 Å². The van der Waals surface area contributed by atoms with Gasteiger partial charge in [-0.15, -0.1) is 0 Å². The van der Waals surface area contributed by atoms with Crippen LogP contribution in [0.3, 0.4) is 0 Å². The van der Waals surface area contributed by atoms with Crippen molar-refractivity contribution in [1.82, 2.24) is 10.3 Å². The van der Waals surface area contributed by atoms with Crippen LogP contribution in [0.1, 0.15) is 24.5 Å². The Morgan fingerprint density at radius 1 is 1.00 bits per heavy atom. The monoisotopic (exact) mass is 484 g/mol. The minimum absolute atomic E-state index is 0.148. The van der Waals surface area contributed by atoms with E-state index >= 15 is 0 Å². The summed E-state index contributed by atoms with van der Waals surface area (Å²) in [5.41, 5.74) is 8.22. The zero-order valence-corrected chi connectivity index (χ0v) is 20.1. The highest BCUT2D eigenvalue weighted by atomic mass is 32.2. The number of pyridine rings is 1. The van der Waals surface area contributed by atoms with E-state index in [2.05, 4.69) is 21.9 Å². The molecule has 3 rings (SSSR count). The van der Waals surface area contributed by atoms with E-state index in [1.165, 1.54) is 6.20 Å². The molecule has 0 saturated heterocycles. The Morgan fingerprint density at radius 2 is 1.68 bits per heavy atom. The average Bonchev–Trinajstić information content (AvgIpc) is 2.83. The highest BCUT2D eigenvalue weighted by Crippen LogP contribution is 2.18. The van der Waals surface area contributed by atoms with Gasteiger partial charge in [0.25, 0.3) is 10.0 Å². The molecular weight excluding hydrogens is 452 g/mol. The number of nitrogens with zero attached hydrogens (tertiary/aromatic N) is 1. The summed E-state index contributed by atoms with van der Waals surface area (Å²) in [6.45, 7) is 3.29. The second kappa shape index (κ2) is 12.4. The van der Waals surface area contributed by atoms with Gasteiger partial charge in [-0.25, -0.2) is 13.4 Å². The number of sulfonamides is 1. The van der Waals surface area contributed by atoms with Crippen LogP contribution in [0.5, 0.6) is 5.75 Å². The Morgan fingerprint density at radius 3 is 2.32 bits per heavy atom. The van der Waals surface area contributed by atoms with Crippen LogP contribution < -0.4 is 20.5 Å². The SMILES string of the molecule is CCCc1ccc(S(=O)(=O)Nc2ccc(CCNC[C@H](O)COc3ccc(N)nc3)cc2)cc1. The molecule has 34 heavy (non-hydrogen) atoms. The molecule has 2 aromatic carbocycles. The van der Waals surface area contributed by atoms with E-state index in [9.17, 15) is 13.5 Å². The van der Waals surface area contributed by atoms with Gasteiger partial charge in [-0.1, -0.05) is 37.6 Å². The average molecular weight is 485 g/mol. The summed E-state index contributed by atoms with van der Waals surface area (Å²) < 4.78 is 33.3. The Hall–Kier alpha value is -3.14. The fourth-order valence-electron chi connectivity index (χ4n) is 3.31. The first-order valence-corrected chi connectivity index (χ1v) is 12.8. The van der Waals surface area contributed by atoms with Crippen LogP contribution in [0.15, 0.2) is 71.8 Å². The summed E-state index contributed by atoms with van der Waals surface area (Å²) >= 11 is 0. The lowest BCUT2D eigenvalue weighted by molar-refractivity contribution is 0.106. The zero-order valence-electron chi connectivity index (χ0n) is 19.3. The van der Waals surface area contributed by atoms with Crippen molar-refractivity contribution in [3.05, 3.63) is 78.0 Å². The number of nitrogens with two attached hydrogens (primary N) is 1. The van der Waals surface area contributed by atoms with Crippen LogP contribution >= 0.6 is 0 Å². The normalized spacial score (nSPS) is 12.3. The van der Waals surface area contributed by atoms with Crippen molar-refractivity contribution in [2.45, 2.75) is 37.2 Å². The standard InChI is InChI=1S/C25H32N4O4S/c1-2-3-19-6-11-24(12-7-19)34(31,32)29-21-8-4-20(5-9-21)14-15-27-16-22(30)18-33-23-10-13-25(26)28-17-23/h4-13,17,22,27,29-30H,2-3,14-16,18H2,1H3,(H2,26,28)/t22-/m0/s1. The quantitative estimate of drug-likeness (QED) is 0.275. The highest BCUT2D eigenvalue weighted by molar-refractivity contribution is 7.92. The van der Waals surface area contributed by atoms with E-state index in [0.717, 1.165) is 30.4 Å². The van der Waals surface area contributed by atoms with Crippen molar-refractivity contribution in [1.29, 1.82) is 0 Å². The molecule has 8 nitrogen and oxygen atoms in total. The maximum atomic E-state index is 12.6. The molecule has 0 amide bonds. The third-order valence-electron chi connectivity index (χ3n) is 5.15. The van der Waals surface area contributed by atoms with Crippen LogP contribution in [-0.4, -0.2) is 44.3 Å². The molecule has 0 radical (unpaired) electrons. The molecule has 5 N–H and O–H groups in total. The number of aryl methyl sites for hydroxylation is 1. The molecule has 0 aliphatic carbocycles. The Labute approximate surface area is 201 Å². The molecule has 0 aliphatic rings. The number of aliphatic hydroxyl groups is 1. The fraction of sp³-hybridized carbons (Fsp3) is 0.320. The highest BCUT2D eigenvalue weighted by Gasteiger charge is 2.14. The molecule has 182 valence electrons. The molecule has 1 aromatic heterocycles. The number of aromatic nitrogens is 1. The summed E-state index contributed by atoms with van der Waals surface area (Å²) in [6, 6.07) is 17.6. The maximum Gasteiger partial charge on any atom is 0.261 e. The number of anilines is 2. The first-order chi connectivity index (χ1) is 16.4. The summed E-state index contributed by atoms with van der Waals surface area (Å²) in [7, 11) is -3.63. The Kier molecular flexibility index (Phi) is 9.26. The Balaban J connectivity index is 1.39. The molecule has 3 aromatic rings. The minimum atomic E-state index is -3.63. The van der Waals surface area contributed by atoms with Crippen LogP contribution in [-0.2, 0) is 22.9 Å². The molecule has 1 heterocycles. The van der Waals surface area contributed by atoms with E-state index in [1.807, 2.05) is 24.3 Å². The smallest absolute Gasteiger partial charge is 0.261 e. The van der Waals surface area contributed by atoms with E-state index in [4.69, 9.17) is 10.5 Å². The molecule has 0 bridgehead atoms. The number of nitrogen functional groups attached to an aromatic ring is 1. The van der Waals surface area contributed by atoms with Crippen molar-refractivity contribution in [3.63, 3.8) is 0 Å². The van der Waals surface area contributed by atoms with Crippen LogP contribution in [0.2, 0.25) is 0 Å². The van der Waals surface area contributed by atoms with Gasteiger partial charge in [0.15, 0.2) is 0 Å². The number of rotatable bonds is 13. The molecule has 0 spiro atoms. The molecule has 0 unspecified atom stereocenters. The maximum absolute atomic E-state index is 12.6. The van der Waals surface area contributed by atoms with Crippen LogP contribution in [0.25, 0.3) is 0 Å². The second-order valence-electron chi connectivity index (χ2n) is 8.03. The van der Waals surface area contributed by atoms with E-state index < -0.39 is 16.1 Å². The van der Waals surface area contributed by atoms with Gasteiger partial charge >= 0.3 is 0 Å². The van der Waals surface area contributed by atoms with Gasteiger partial charge < -0.3 is 20.9 Å². The van der Waals surface area contributed by atoms with E-state index in [-0.39, 0.29) is 11.5 Å². The van der Waals surface area contributed by atoms with Gasteiger partial charge in [-0.2, -0.15) is 0 Å². The number of hydrogen-bond acceptors (Lipinski definition) is 7. The fourth-order valence-corrected chi connectivity index (χ4v) is 4.37. The van der Waals surface area contributed by atoms with Gasteiger partial charge in [0.2, 0.25) is 0 Å². The third kappa shape index (κ3) is 8.02. The van der Waals surface area contributed by atoms with Crippen LogP contribution in [0.4, 0.5) is 11.5 Å². The summed E-state index contributed by atoms with van der Waals surface area (Å²) in [4.78, 5) is 4.18. The largest absolute Gasteiger partial charge is 0.489 e. The predicted molar refractivity (Wildman–Crippen MR) is 134 cm³/mol. The van der Waals surface area contributed by atoms with Gasteiger partial charge in [0.05, 0.1) is 11.1 Å². The molecular formula is C25H32N4O4S. The van der Waals surface area contributed by atoms with E-state index in [0.29, 0.717) is 30.3 Å². The number of nitrogens with one attached hydrogen (secondary N) is 2. The first-order valence-electron chi connectivity index (χ1n) is 11.3. The van der Waals surface area contributed by atoms with Gasteiger partial charge in [0.1, 0.15) is 24.3 Å².